The second kappa shape index (κ2) is 7.70. The lowest BCUT2D eigenvalue weighted by atomic mass is 10.1. The third-order valence-electron chi connectivity index (χ3n) is 4.73. The number of ether oxygens (including phenoxy) is 1. The van der Waals surface area contributed by atoms with Crippen molar-refractivity contribution in [1.29, 1.82) is 0 Å². The molecule has 0 aliphatic carbocycles. The molecular formula is C20H24N2O4S. The molecule has 0 atom stereocenters. The van der Waals surface area contributed by atoms with Crippen LogP contribution in [0.15, 0.2) is 47.4 Å². The fourth-order valence-corrected chi connectivity index (χ4v) is 4.20. The van der Waals surface area contributed by atoms with Gasteiger partial charge in [-0.2, -0.15) is 4.31 Å². The summed E-state index contributed by atoms with van der Waals surface area (Å²) < 4.78 is 31.7. The zero-order chi connectivity index (χ0) is 19.6. The molecule has 1 N–H and O–H groups in total. The van der Waals surface area contributed by atoms with Crippen molar-refractivity contribution in [2.24, 2.45) is 0 Å². The Bertz CT molecular complexity index is 937. The number of carbonyl (C=O) groups excluding carboxylic acids is 1. The highest BCUT2D eigenvalue weighted by Crippen LogP contribution is 2.25. The zero-order valence-corrected chi connectivity index (χ0v) is 16.5. The van der Waals surface area contributed by atoms with Gasteiger partial charge in [-0.25, -0.2) is 8.42 Å². The number of hydrogen-bond acceptors (Lipinski definition) is 4. The minimum atomic E-state index is -3.50. The molecule has 0 saturated carbocycles. The van der Waals surface area contributed by atoms with Crippen LogP contribution in [0.25, 0.3) is 0 Å². The van der Waals surface area contributed by atoms with Gasteiger partial charge in [-0.1, -0.05) is 12.1 Å². The summed E-state index contributed by atoms with van der Waals surface area (Å²) in [6.45, 7) is 4.63. The van der Waals surface area contributed by atoms with Gasteiger partial charge in [0.15, 0.2) is 0 Å². The highest BCUT2D eigenvalue weighted by Gasteiger charge is 2.22. The van der Waals surface area contributed by atoms with Crippen LogP contribution >= 0.6 is 0 Å². The average Bonchev–Trinajstić information content (AvgIpc) is 3.13. The molecule has 3 rings (SSSR count). The summed E-state index contributed by atoms with van der Waals surface area (Å²) in [6.07, 6.45) is 0.817. The quantitative estimate of drug-likeness (QED) is 0.825. The Kier molecular flexibility index (Phi) is 5.53. The first-order chi connectivity index (χ1) is 12.8. The number of sulfonamides is 1. The Morgan fingerprint density at radius 1 is 1.19 bits per heavy atom. The molecule has 1 aliphatic rings. The number of rotatable bonds is 6. The van der Waals surface area contributed by atoms with E-state index >= 15 is 0 Å². The maximum atomic E-state index is 12.5. The van der Waals surface area contributed by atoms with Crippen molar-refractivity contribution in [2.45, 2.75) is 37.8 Å². The maximum Gasteiger partial charge on any atom is 0.251 e. The average molecular weight is 388 g/mol. The van der Waals surface area contributed by atoms with Gasteiger partial charge < -0.3 is 10.1 Å². The molecule has 7 heteroatoms. The second-order valence-corrected chi connectivity index (χ2v) is 8.86. The maximum absolute atomic E-state index is 12.5. The minimum Gasteiger partial charge on any atom is -0.493 e. The fraction of sp³-hybridized carbons (Fsp3) is 0.350. The molecule has 27 heavy (non-hydrogen) atoms. The van der Waals surface area contributed by atoms with Crippen LogP contribution in [0.1, 0.15) is 35.3 Å². The highest BCUT2D eigenvalue weighted by molar-refractivity contribution is 7.89. The van der Waals surface area contributed by atoms with Crippen LogP contribution in [0.4, 0.5) is 0 Å². The summed E-state index contributed by atoms with van der Waals surface area (Å²) in [4.78, 5) is 12.6. The lowest BCUT2D eigenvalue weighted by Gasteiger charge is -2.21. The summed E-state index contributed by atoms with van der Waals surface area (Å²) in [5.74, 6) is 0.677. The zero-order valence-electron chi connectivity index (χ0n) is 15.7. The molecule has 0 spiro atoms. The van der Waals surface area contributed by atoms with Crippen LogP contribution in [0.2, 0.25) is 0 Å². The van der Waals surface area contributed by atoms with Gasteiger partial charge in [0.05, 0.1) is 11.5 Å². The third kappa shape index (κ3) is 4.14. The Morgan fingerprint density at radius 2 is 1.89 bits per heavy atom. The monoisotopic (exact) mass is 388 g/mol. The first-order valence-corrected chi connectivity index (χ1v) is 10.3. The van der Waals surface area contributed by atoms with Crippen LogP contribution in [-0.4, -0.2) is 38.3 Å². The van der Waals surface area contributed by atoms with Crippen molar-refractivity contribution >= 4 is 15.9 Å². The van der Waals surface area contributed by atoms with E-state index in [2.05, 4.69) is 5.32 Å². The van der Waals surface area contributed by atoms with E-state index < -0.39 is 10.0 Å². The molecule has 0 aromatic heterocycles. The molecule has 0 saturated heterocycles. The predicted molar refractivity (Wildman–Crippen MR) is 103 cm³/mol. The van der Waals surface area contributed by atoms with Crippen molar-refractivity contribution in [3.8, 4) is 5.75 Å². The molecule has 2 aromatic rings. The van der Waals surface area contributed by atoms with Crippen molar-refractivity contribution in [3.63, 3.8) is 0 Å². The van der Waals surface area contributed by atoms with Gasteiger partial charge in [-0.3, -0.25) is 4.79 Å². The first kappa shape index (κ1) is 19.4. The lowest BCUT2D eigenvalue weighted by molar-refractivity contribution is 0.0951. The minimum absolute atomic E-state index is 0.119. The lowest BCUT2D eigenvalue weighted by Crippen LogP contribution is -2.33. The number of amides is 1. The van der Waals surface area contributed by atoms with Crippen LogP contribution in [0.5, 0.6) is 5.75 Å². The predicted octanol–water partition coefficient (Wildman–Crippen LogP) is 2.58. The molecule has 1 heterocycles. The van der Waals surface area contributed by atoms with Crippen LogP contribution < -0.4 is 10.1 Å². The largest absolute Gasteiger partial charge is 0.493 e. The summed E-state index contributed by atoms with van der Waals surface area (Å²) in [5, 5.41) is 2.87. The molecule has 2 aromatic carbocycles. The van der Waals surface area contributed by atoms with E-state index in [0.717, 1.165) is 23.3 Å². The number of nitrogens with zero attached hydrogens (tertiary/aromatic N) is 1. The number of carbonyl (C=O) groups is 1. The molecule has 0 unspecified atom stereocenters. The Balaban J connectivity index is 1.64. The molecule has 0 bridgehead atoms. The van der Waals surface area contributed by atoms with Crippen molar-refractivity contribution in [1.82, 2.24) is 9.62 Å². The standard InChI is InChI=1S/C20H24N2O4S/c1-14(2)22(3)27(24,25)18-7-4-15(5-8-18)13-21-20(23)17-6-9-19-16(12-17)10-11-26-19/h4-9,12,14H,10-11,13H2,1-3H3,(H,21,23). The molecule has 6 nitrogen and oxygen atoms in total. The third-order valence-corrected chi connectivity index (χ3v) is 6.78. The Labute approximate surface area is 160 Å². The summed E-state index contributed by atoms with van der Waals surface area (Å²) in [5.41, 5.74) is 2.47. The van der Waals surface area contributed by atoms with E-state index in [1.807, 2.05) is 26.0 Å². The van der Waals surface area contributed by atoms with Gasteiger partial charge in [0.1, 0.15) is 5.75 Å². The SMILES string of the molecule is CC(C)N(C)S(=O)(=O)c1ccc(CNC(=O)c2ccc3c(c2)CCO3)cc1. The smallest absolute Gasteiger partial charge is 0.251 e. The Morgan fingerprint density at radius 3 is 2.56 bits per heavy atom. The molecule has 1 amide bonds. The van der Waals surface area contributed by atoms with Crippen LogP contribution in [0, 0.1) is 0 Å². The van der Waals surface area contributed by atoms with Gasteiger partial charge in [-0.05, 0) is 55.3 Å². The molecular weight excluding hydrogens is 364 g/mol. The van der Waals surface area contributed by atoms with E-state index in [1.54, 1.807) is 37.4 Å². The molecule has 0 fully saturated rings. The number of nitrogens with one attached hydrogen (secondary N) is 1. The number of fused-ring (bicyclic) bond motifs is 1. The molecule has 1 aliphatic heterocycles. The van der Waals surface area contributed by atoms with Gasteiger partial charge >= 0.3 is 0 Å². The summed E-state index contributed by atoms with van der Waals surface area (Å²) in [6, 6.07) is 11.9. The van der Waals surface area contributed by atoms with Crippen molar-refractivity contribution in [3.05, 3.63) is 59.2 Å². The highest BCUT2D eigenvalue weighted by atomic mass is 32.2. The first-order valence-electron chi connectivity index (χ1n) is 8.90. The van der Waals surface area contributed by atoms with E-state index in [-0.39, 0.29) is 16.8 Å². The van der Waals surface area contributed by atoms with E-state index in [1.165, 1.54) is 4.31 Å². The van der Waals surface area contributed by atoms with Gasteiger partial charge in [0.25, 0.3) is 5.91 Å². The van der Waals surface area contributed by atoms with Gasteiger partial charge in [-0.15, -0.1) is 0 Å². The van der Waals surface area contributed by atoms with Crippen LogP contribution in [-0.2, 0) is 23.0 Å². The van der Waals surface area contributed by atoms with Gasteiger partial charge in [0.2, 0.25) is 10.0 Å². The normalized spacial score (nSPS) is 13.5. The van der Waals surface area contributed by atoms with E-state index in [0.29, 0.717) is 18.7 Å². The topological polar surface area (TPSA) is 75.7 Å². The van der Waals surface area contributed by atoms with Crippen molar-refractivity contribution in [2.75, 3.05) is 13.7 Å². The van der Waals surface area contributed by atoms with Crippen molar-refractivity contribution < 1.29 is 17.9 Å². The van der Waals surface area contributed by atoms with E-state index in [9.17, 15) is 13.2 Å². The summed E-state index contributed by atoms with van der Waals surface area (Å²) >= 11 is 0. The number of benzene rings is 2. The van der Waals surface area contributed by atoms with Gasteiger partial charge in [0, 0.05) is 31.6 Å². The van der Waals surface area contributed by atoms with E-state index in [4.69, 9.17) is 4.74 Å². The molecule has 144 valence electrons. The van der Waals surface area contributed by atoms with Crippen LogP contribution in [0.3, 0.4) is 0 Å². The Hall–Kier alpha value is -2.38. The fourth-order valence-electron chi connectivity index (χ4n) is 2.84. The summed E-state index contributed by atoms with van der Waals surface area (Å²) in [7, 11) is -1.94. The second-order valence-electron chi connectivity index (χ2n) is 6.86. The molecule has 0 radical (unpaired) electrons. The number of hydrogen-bond donors (Lipinski definition) is 1.